The van der Waals surface area contributed by atoms with Crippen LogP contribution >= 0.6 is 0 Å². The Morgan fingerprint density at radius 2 is 1.10 bits per heavy atom. The van der Waals surface area contributed by atoms with Crippen LogP contribution in [-0.2, 0) is 21.7 Å². The number of rotatable bonds is 3. The highest BCUT2D eigenvalue weighted by Gasteiger charge is 2.49. The zero-order valence-corrected chi connectivity index (χ0v) is 36.8. The summed E-state index contributed by atoms with van der Waals surface area (Å²) in [6.45, 7) is 25.7. The molecule has 0 atom stereocenters. The van der Waals surface area contributed by atoms with Crippen molar-refractivity contribution in [3.05, 3.63) is 149 Å². The molecule has 3 nitrogen and oxygen atoms in total. The van der Waals surface area contributed by atoms with Gasteiger partial charge >= 0.3 is 0 Å². The number of benzene rings is 6. The van der Waals surface area contributed by atoms with Gasteiger partial charge in [-0.05, 0) is 146 Å². The number of aryl methyl sites for hydroxylation is 1. The van der Waals surface area contributed by atoms with Crippen molar-refractivity contribution < 1.29 is 4.42 Å². The van der Waals surface area contributed by atoms with Crippen molar-refractivity contribution in [2.24, 2.45) is 0 Å². The summed E-state index contributed by atoms with van der Waals surface area (Å²) in [6.07, 6.45) is 2.32. The van der Waals surface area contributed by atoms with Gasteiger partial charge in [0.2, 0.25) is 0 Å². The molecule has 3 aliphatic rings. The second kappa shape index (κ2) is 12.8. The van der Waals surface area contributed by atoms with Crippen molar-refractivity contribution in [1.29, 1.82) is 0 Å². The van der Waals surface area contributed by atoms with Gasteiger partial charge in [-0.15, -0.1) is 0 Å². The second-order valence-electron chi connectivity index (χ2n) is 21.0. The molecule has 0 bridgehead atoms. The Labute approximate surface area is 352 Å². The Morgan fingerprint density at radius 3 is 1.68 bits per heavy atom. The maximum atomic E-state index is 7.32. The van der Waals surface area contributed by atoms with E-state index in [0.717, 1.165) is 40.8 Å². The Balaban J connectivity index is 1.31. The molecule has 59 heavy (non-hydrogen) atoms. The average molecular weight is 773 g/mol. The highest BCUT2D eigenvalue weighted by molar-refractivity contribution is 7.00. The molecule has 0 unspecified atom stereocenters. The summed E-state index contributed by atoms with van der Waals surface area (Å²) in [7, 11) is 0. The number of hydrogen-bond donors (Lipinski definition) is 0. The Morgan fingerprint density at radius 1 is 0.559 bits per heavy atom. The first-order valence-electron chi connectivity index (χ1n) is 21.7. The van der Waals surface area contributed by atoms with Gasteiger partial charge in [-0.1, -0.05) is 136 Å². The van der Waals surface area contributed by atoms with Crippen molar-refractivity contribution in [3.8, 4) is 11.1 Å². The van der Waals surface area contributed by atoms with E-state index < -0.39 is 0 Å². The van der Waals surface area contributed by atoms with Gasteiger partial charge in [-0.25, -0.2) is 0 Å². The summed E-state index contributed by atoms with van der Waals surface area (Å²) in [4.78, 5) is 5.09. The standard InChI is InChI=1S/C55H57BN2O/c1-34-29-46-49-47(30-34)58(40-24-20-38(21-25-40)53(5,6)7)50-41-31-36(35-15-13-12-14-16-35)17-26-48(41)59-51(50)56(49)44-32-42-43(55(10,11)28-27-54(42,8)9)33-45(44)57(46)39-22-18-37(19-23-39)52(2,3)4/h12-26,29-33H,27-28H2,1-11H3. The van der Waals surface area contributed by atoms with Crippen molar-refractivity contribution in [2.75, 3.05) is 9.80 Å². The molecule has 0 radical (unpaired) electrons. The predicted octanol–water partition coefficient (Wildman–Crippen LogP) is 13.4. The third kappa shape index (κ3) is 5.92. The van der Waals surface area contributed by atoms with E-state index in [1.807, 2.05) is 0 Å². The van der Waals surface area contributed by atoms with E-state index in [2.05, 4.69) is 207 Å². The fraction of sp³-hybridized carbons (Fsp3) is 0.309. The SMILES string of the molecule is Cc1cc2c3c(c1)N(c1ccc(C(C)(C)C)cc1)c1c(oc4ccc(-c5ccccc5)cc14)B3c1cc3c(cc1N2c1ccc(C(C)(C)C)cc1)C(C)(C)CCC3(C)C. The van der Waals surface area contributed by atoms with Crippen molar-refractivity contribution in [2.45, 2.75) is 111 Å². The molecule has 1 aromatic heterocycles. The van der Waals surface area contributed by atoms with Crippen LogP contribution in [-0.4, -0.2) is 6.71 Å². The van der Waals surface area contributed by atoms with E-state index in [0.29, 0.717) is 0 Å². The smallest absolute Gasteiger partial charge is 0.297 e. The number of furan rings is 1. The minimum Gasteiger partial charge on any atom is -0.468 e. The molecule has 2 aliphatic heterocycles. The van der Waals surface area contributed by atoms with Crippen LogP contribution in [0.3, 0.4) is 0 Å². The summed E-state index contributed by atoms with van der Waals surface area (Å²) in [6, 6.07) is 46.1. The van der Waals surface area contributed by atoms with Gasteiger partial charge in [0.05, 0.1) is 11.3 Å². The van der Waals surface area contributed by atoms with Crippen LogP contribution in [0.15, 0.2) is 126 Å². The third-order valence-corrected chi connectivity index (χ3v) is 13.9. The Bertz CT molecular complexity index is 2790. The summed E-state index contributed by atoms with van der Waals surface area (Å²) >= 11 is 0. The number of hydrogen-bond acceptors (Lipinski definition) is 3. The Kier molecular flexibility index (Phi) is 8.17. The molecule has 0 saturated carbocycles. The lowest BCUT2D eigenvalue weighted by molar-refractivity contribution is 0.332. The lowest BCUT2D eigenvalue weighted by Crippen LogP contribution is -2.61. The highest BCUT2D eigenvalue weighted by Crippen LogP contribution is 2.51. The molecule has 0 amide bonds. The molecule has 10 rings (SSSR count). The van der Waals surface area contributed by atoms with Crippen molar-refractivity contribution in [1.82, 2.24) is 0 Å². The zero-order valence-electron chi connectivity index (χ0n) is 36.8. The summed E-state index contributed by atoms with van der Waals surface area (Å²) < 4.78 is 7.32. The largest absolute Gasteiger partial charge is 0.468 e. The first kappa shape index (κ1) is 37.8. The molecular weight excluding hydrogens is 715 g/mol. The zero-order chi connectivity index (χ0) is 41.4. The summed E-state index contributed by atoms with van der Waals surface area (Å²) in [5.41, 5.74) is 21.1. The monoisotopic (exact) mass is 772 g/mol. The van der Waals surface area contributed by atoms with Gasteiger partial charge < -0.3 is 14.2 Å². The molecule has 4 heteroatoms. The third-order valence-electron chi connectivity index (χ3n) is 13.9. The maximum Gasteiger partial charge on any atom is 0.297 e. The van der Waals surface area contributed by atoms with E-state index in [9.17, 15) is 0 Å². The molecule has 0 fully saturated rings. The van der Waals surface area contributed by atoms with E-state index in [4.69, 9.17) is 4.42 Å². The van der Waals surface area contributed by atoms with Gasteiger partial charge in [0, 0.05) is 33.8 Å². The predicted molar refractivity (Wildman–Crippen MR) is 253 cm³/mol. The maximum absolute atomic E-state index is 7.32. The first-order chi connectivity index (χ1) is 27.9. The molecule has 0 saturated heterocycles. The molecule has 6 aromatic carbocycles. The fourth-order valence-corrected chi connectivity index (χ4v) is 10.3. The normalized spacial score (nSPS) is 16.4. The van der Waals surface area contributed by atoms with Crippen LogP contribution in [0.25, 0.3) is 22.1 Å². The average Bonchev–Trinajstić information content (AvgIpc) is 3.57. The Hall–Kier alpha value is -5.48. The minimum absolute atomic E-state index is 0.0420. The van der Waals surface area contributed by atoms with Crippen molar-refractivity contribution in [3.63, 3.8) is 0 Å². The van der Waals surface area contributed by atoms with Crippen LogP contribution in [0, 0.1) is 6.92 Å². The quantitative estimate of drug-likeness (QED) is 0.167. The topological polar surface area (TPSA) is 19.6 Å². The van der Waals surface area contributed by atoms with Crippen LogP contribution < -0.4 is 26.4 Å². The first-order valence-corrected chi connectivity index (χ1v) is 21.7. The summed E-state index contributed by atoms with van der Waals surface area (Å²) in [5, 5.41) is 1.14. The highest BCUT2D eigenvalue weighted by atomic mass is 16.3. The fourth-order valence-electron chi connectivity index (χ4n) is 10.3. The molecule has 7 aromatic rings. The van der Waals surface area contributed by atoms with Gasteiger partial charge in [0.1, 0.15) is 5.58 Å². The van der Waals surface area contributed by atoms with Crippen molar-refractivity contribution >= 4 is 68.4 Å². The minimum atomic E-state index is -0.0977. The van der Waals surface area contributed by atoms with Crippen LogP contribution in [0.2, 0.25) is 0 Å². The summed E-state index contributed by atoms with van der Waals surface area (Å²) in [5.74, 6) is 0. The van der Waals surface area contributed by atoms with Crippen LogP contribution in [0.1, 0.15) is 110 Å². The number of anilines is 6. The second-order valence-corrected chi connectivity index (χ2v) is 21.0. The van der Waals surface area contributed by atoms with E-state index in [1.54, 1.807) is 0 Å². The van der Waals surface area contributed by atoms with Gasteiger partial charge in [0.15, 0.2) is 0 Å². The van der Waals surface area contributed by atoms with Gasteiger partial charge in [-0.3, -0.25) is 0 Å². The van der Waals surface area contributed by atoms with E-state index >= 15 is 0 Å². The van der Waals surface area contributed by atoms with Gasteiger partial charge in [0.25, 0.3) is 6.71 Å². The molecule has 0 N–H and O–H groups in total. The lowest BCUT2D eigenvalue weighted by Gasteiger charge is -2.46. The van der Waals surface area contributed by atoms with Gasteiger partial charge in [-0.2, -0.15) is 0 Å². The molecule has 0 spiro atoms. The molecule has 1 aliphatic carbocycles. The number of fused-ring (bicyclic) bond motifs is 7. The van der Waals surface area contributed by atoms with Crippen LogP contribution in [0.4, 0.5) is 34.1 Å². The molecule has 296 valence electrons. The number of nitrogens with zero attached hydrogens (tertiary/aromatic N) is 2. The van der Waals surface area contributed by atoms with Crippen LogP contribution in [0.5, 0.6) is 0 Å². The van der Waals surface area contributed by atoms with E-state index in [-0.39, 0.29) is 28.4 Å². The molecular formula is C55H57BN2O. The van der Waals surface area contributed by atoms with E-state index in [1.165, 1.54) is 72.6 Å². The molecule has 3 heterocycles. The lowest BCUT2D eigenvalue weighted by atomic mass is 9.35.